The quantitative estimate of drug-likeness (QED) is 0.459. The smallest absolute Gasteiger partial charge is 0.261 e. The molecule has 0 radical (unpaired) electrons. The summed E-state index contributed by atoms with van der Waals surface area (Å²) >= 11 is 0. The third kappa shape index (κ3) is 4.48. The Bertz CT molecular complexity index is 1330. The van der Waals surface area contributed by atoms with Crippen molar-refractivity contribution in [2.24, 2.45) is 0 Å². The number of fused-ring (bicyclic) bond motifs is 1. The average Bonchev–Trinajstić information content (AvgIpc) is 3.21. The Hall–Kier alpha value is -3.92. The summed E-state index contributed by atoms with van der Waals surface area (Å²) in [5, 5.41) is 10.8. The van der Waals surface area contributed by atoms with E-state index in [9.17, 15) is 13.2 Å². The van der Waals surface area contributed by atoms with E-state index in [0.717, 1.165) is 0 Å². The third-order valence-electron chi connectivity index (χ3n) is 4.54. The van der Waals surface area contributed by atoms with Crippen LogP contribution in [0.5, 0.6) is 5.75 Å². The van der Waals surface area contributed by atoms with Crippen molar-refractivity contribution in [1.82, 2.24) is 19.9 Å². The lowest BCUT2D eigenvalue weighted by Crippen LogP contribution is -2.24. The molecule has 0 aliphatic carbocycles. The van der Waals surface area contributed by atoms with Gasteiger partial charge in [0.1, 0.15) is 5.75 Å². The number of carbonyl (C=O) groups excluding carboxylic acids is 1. The van der Waals surface area contributed by atoms with Gasteiger partial charge >= 0.3 is 0 Å². The second kappa shape index (κ2) is 8.44. The van der Waals surface area contributed by atoms with E-state index in [2.05, 4.69) is 20.2 Å². The van der Waals surface area contributed by atoms with Gasteiger partial charge in [0, 0.05) is 17.4 Å². The number of nitrogens with zero attached hydrogens (tertiary/aromatic N) is 3. The zero-order valence-corrected chi connectivity index (χ0v) is 17.3. The van der Waals surface area contributed by atoms with E-state index in [0.29, 0.717) is 22.9 Å². The molecule has 9 nitrogen and oxygen atoms in total. The highest BCUT2D eigenvalue weighted by Gasteiger charge is 2.17. The van der Waals surface area contributed by atoms with Crippen molar-refractivity contribution in [3.63, 3.8) is 0 Å². The highest BCUT2D eigenvalue weighted by Crippen LogP contribution is 2.20. The number of methoxy groups -OCH3 is 1. The zero-order valence-electron chi connectivity index (χ0n) is 16.5. The van der Waals surface area contributed by atoms with Gasteiger partial charge in [0.15, 0.2) is 11.5 Å². The molecular weight excluding hydrogens is 418 g/mol. The van der Waals surface area contributed by atoms with Crippen molar-refractivity contribution < 1.29 is 17.9 Å². The summed E-state index contributed by atoms with van der Waals surface area (Å²) in [7, 11) is -2.34. The molecule has 0 saturated heterocycles. The van der Waals surface area contributed by atoms with Gasteiger partial charge in [0.25, 0.3) is 15.9 Å². The molecule has 1 amide bonds. The summed E-state index contributed by atoms with van der Waals surface area (Å²) < 4.78 is 34.8. The molecule has 2 heterocycles. The summed E-state index contributed by atoms with van der Waals surface area (Å²) in [6, 6.07) is 17.8. The summed E-state index contributed by atoms with van der Waals surface area (Å²) in [6.07, 6.45) is 1.80. The molecule has 0 bridgehead atoms. The lowest BCUT2D eigenvalue weighted by atomic mass is 10.2. The van der Waals surface area contributed by atoms with Crippen molar-refractivity contribution >= 4 is 27.3 Å². The summed E-state index contributed by atoms with van der Waals surface area (Å²) in [5.74, 6) is 0.755. The minimum absolute atomic E-state index is 0.0242. The lowest BCUT2D eigenvalue weighted by molar-refractivity contribution is 0.0949. The fraction of sp³-hybridized carbons (Fsp3) is 0.0952. The molecule has 31 heavy (non-hydrogen) atoms. The molecule has 4 aromatic rings. The van der Waals surface area contributed by atoms with Crippen LogP contribution in [-0.4, -0.2) is 36.0 Å². The van der Waals surface area contributed by atoms with Crippen LogP contribution in [0.25, 0.3) is 5.65 Å². The summed E-state index contributed by atoms with van der Waals surface area (Å²) in [6.45, 7) is 0.144. The molecular formula is C21H19N5O4S. The minimum Gasteiger partial charge on any atom is -0.497 e. The van der Waals surface area contributed by atoms with Gasteiger partial charge in [-0.05, 0) is 54.6 Å². The molecule has 0 aliphatic rings. The van der Waals surface area contributed by atoms with Crippen LogP contribution in [0.2, 0.25) is 0 Å². The van der Waals surface area contributed by atoms with Crippen LogP contribution in [0.15, 0.2) is 77.8 Å². The highest BCUT2D eigenvalue weighted by molar-refractivity contribution is 7.92. The van der Waals surface area contributed by atoms with Gasteiger partial charge in [-0.25, -0.2) is 8.42 Å². The molecule has 2 aromatic heterocycles. The molecule has 0 spiro atoms. The Kier molecular flexibility index (Phi) is 5.54. The highest BCUT2D eigenvalue weighted by atomic mass is 32.2. The Balaban J connectivity index is 1.48. The first-order chi connectivity index (χ1) is 15.0. The first kappa shape index (κ1) is 20.4. The number of hydrogen-bond acceptors (Lipinski definition) is 6. The van der Waals surface area contributed by atoms with Crippen LogP contribution in [0, 0.1) is 0 Å². The molecule has 0 unspecified atom stereocenters. The Morgan fingerprint density at radius 3 is 2.61 bits per heavy atom. The SMILES string of the molecule is COc1ccc(NS(=O)(=O)c2cccc(C(=O)NCc3nnc4ccccn34)c2)cc1. The Morgan fingerprint density at radius 2 is 1.84 bits per heavy atom. The number of rotatable bonds is 7. The predicted molar refractivity (Wildman–Crippen MR) is 114 cm³/mol. The van der Waals surface area contributed by atoms with Crippen molar-refractivity contribution in [3.05, 3.63) is 84.3 Å². The van der Waals surface area contributed by atoms with Gasteiger partial charge in [-0.1, -0.05) is 12.1 Å². The maximum absolute atomic E-state index is 12.7. The first-order valence-corrected chi connectivity index (χ1v) is 10.8. The Labute approximate surface area is 178 Å². The number of benzene rings is 2. The second-order valence-electron chi connectivity index (χ2n) is 6.59. The number of nitrogens with one attached hydrogen (secondary N) is 2. The van der Waals surface area contributed by atoms with E-state index in [-0.39, 0.29) is 17.0 Å². The number of amides is 1. The average molecular weight is 437 g/mol. The maximum Gasteiger partial charge on any atom is 0.261 e. The molecule has 4 rings (SSSR count). The van der Waals surface area contributed by atoms with Crippen LogP contribution in [0.3, 0.4) is 0 Å². The first-order valence-electron chi connectivity index (χ1n) is 9.30. The van der Waals surface area contributed by atoms with Gasteiger partial charge in [-0.2, -0.15) is 0 Å². The number of ether oxygens (including phenoxy) is 1. The number of sulfonamides is 1. The van der Waals surface area contributed by atoms with E-state index >= 15 is 0 Å². The zero-order chi connectivity index (χ0) is 21.8. The van der Waals surface area contributed by atoms with Crippen LogP contribution < -0.4 is 14.8 Å². The normalized spacial score (nSPS) is 11.3. The number of aromatic nitrogens is 3. The minimum atomic E-state index is -3.87. The largest absolute Gasteiger partial charge is 0.497 e. The van der Waals surface area contributed by atoms with Crippen molar-refractivity contribution in [2.45, 2.75) is 11.4 Å². The second-order valence-corrected chi connectivity index (χ2v) is 8.27. The van der Waals surface area contributed by atoms with Crippen molar-refractivity contribution in [2.75, 3.05) is 11.8 Å². The van der Waals surface area contributed by atoms with Crippen LogP contribution in [-0.2, 0) is 16.6 Å². The Morgan fingerprint density at radius 1 is 1.03 bits per heavy atom. The van der Waals surface area contributed by atoms with Gasteiger partial charge < -0.3 is 10.1 Å². The van der Waals surface area contributed by atoms with Crippen LogP contribution in [0.1, 0.15) is 16.2 Å². The summed E-state index contributed by atoms with van der Waals surface area (Å²) in [5.41, 5.74) is 1.27. The van der Waals surface area contributed by atoms with Crippen molar-refractivity contribution in [3.8, 4) is 5.75 Å². The molecule has 158 valence electrons. The molecule has 0 saturated carbocycles. The molecule has 2 N–H and O–H groups in total. The topological polar surface area (TPSA) is 115 Å². The number of hydrogen-bond donors (Lipinski definition) is 2. The predicted octanol–water partition coefficient (Wildman–Crippen LogP) is 2.47. The maximum atomic E-state index is 12.7. The van der Waals surface area contributed by atoms with Gasteiger partial charge in [-0.15, -0.1) is 10.2 Å². The van der Waals surface area contributed by atoms with Crippen molar-refractivity contribution in [1.29, 1.82) is 0 Å². The summed E-state index contributed by atoms with van der Waals surface area (Å²) in [4.78, 5) is 12.6. The third-order valence-corrected chi connectivity index (χ3v) is 5.92. The number of anilines is 1. The van der Waals surface area contributed by atoms with Crippen LogP contribution in [0.4, 0.5) is 5.69 Å². The molecule has 0 fully saturated rings. The van der Waals surface area contributed by atoms with Crippen LogP contribution >= 0.6 is 0 Å². The molecule has 0 aliphatic heterocycles. The van der Waals surface area contributed by atoms with Gasteiger partial charge in [0.2, 0.25) is 0 Å². The van der Waals surface area contributed by atoms with Gasteiger partial charge in [0.05, 0.1) is 18.6 Å². The monoisotopic (exact) mass is 437 g/mol. The molecule has 2 aromatic carbocycles. The van der Waals surface area contributed by atoms with E-state index in [4.69, 9.17) is 4.74 Å². The number of carbonyl (C=O) groups is 1. The number of pyridine rings is 1. The van der Waals surface area contributed by atoms with E-state index in [1.807, 2.05) is 18.2 Å². The molecule has 0 atom stereocenters. The van der Waals surface area contributed by atoms with E-state index < -0.39 is 15.9 Å². The molecule has 10 heteroatoms. The fourth-order valence-corrected chi connectivity index (χ4v) is 4.05. The fourth-order valence-electron chi connectivity index (χ4n) is 2.95. The van der Waals surface area contributed by atoms with Gasteiger partial charge in [-0.3, -0.25) is 13.9 Å². The lowest BCUT2D eigenvalue weighted by Gasteiger charge is -2.10. The van der Waals surface area contributed by atoms with E-state index in [1.54, 1.807) is 40.9 Å². The standard InChI is InChI=1S/C21H19N5O4S/c1-30-17-10-8-16(9-11-17)25-31(28,29)18-6-4-5-15(13-18)21(27)22-14-20-24-23-19-7-2-3-12-26(19)20/h2-13,25H,14H2,1H3,(H,22,27). The van der Waals surface area contributed by atoms with E-state index in [1.165, 1.54) is 25.3 Å².